The Balaban J connectivity index is 2.51. The molecule has 0 saturated heterocycles. The van der Waals surface area contributed by atoms with Gasteiger partial charge in [-0.1, -0.05) is 0 Å². The first-order valence-electron chi connectivity index (χ1n) is 6.69. The van der Waals surface area contributed by atoms with Crippen molar-refractivity contribution in [3.05, 3.63) is 29.2 Å². The third-order valence-electron chi connectivity index (χ3n) is 2.38. The van der Waals surface area contributed by atoms with Crippen LogP contribution in [0, 0.1) is 4.91 Å². The number of carbonyl (C=O) groups is 1. The fourth-order valence-electron chi connectivity index (χ4n) is 1.48. The van der Waals surface area contributed by atoms with Crippen LogP contribution in [0.25, 0.3) is 0 Å². The standard InChI is InChI=1S/C15H22N2O4/c1-14(2,3)21-13(18)16-15(4,5)10-20-12-8-6-11(17-19)7-9-12/h6-9H,10H2,1-5H3,(H,16,18). The number of benzene rings is 1. The van der Waals surface area contributed by atoms with Gasteiger partial charge >= 0.3 is 6.09 Å². The fourth-order valence-corrected chi connectivity index (χ4v) is 1.48. The Labute approximate surface area is 124 Å². The second kappa shape index (κ2) is 6.56. The molecule has 1 aromatic carbocycles. The summed E-state index contributed by atoms with van der Waals surface area (Å²) in [5.41, 5.74) is -0.795. The summed E-state index contributed by atoms with van der Waals surface area (Å²) >= 11 is 0. The second-order valence-electron chi connectivity index (χ2n) is 6.38. The van der Waals surface area contributed by atoms with E-state index in [0.29, 0.717) is 11.4 Å². The molecular weight excluding hydrogens is 272 g/mol. The number of amides is 1. The van der Waals surface area contributed by atoms with Crippen LogP contribution in [0.15, 0.2) is 29.4 Å². The first-order valence-corrected chi connectivity index (χ1v) is 6.69. The lowest BCUT2D eigenvalue weighted by Gasteiger charge is -2.28. The molecule has 116 valence electrons. The lowest BCUT2D eigenvalue weighted by molar-refractivity contribution is 0.0441. The first kappa shape index (κ1) is 16.9. The Morgan fingerprint density at radius 2 is 1.71 bits per heavy atom. The predicted octanol–water partition coefficient (Wildman–Crippen LogP) is 3.77. The minimum Gasteiger partial charge on any atom is -0.491 e. The number of hydrogen-bond acceptors (Lipinski definition) is 5. The van der Waals surface area contributed by atoms with Crippen molar-refractivity contribution in [1.29, 1.82) is 0 Å². The number of ether oxygens (including phenoxy) is 2. The third-order valence-corrected chi connectivity index (χ3v) is 2.38. The fraction of sp³-hybridized carbons (Fsp3) is 0.533. The molecule has 0 fully saturated rings. The van der Waals surface area contributed by atoms with Crippen LogP contribution in [0.2, 0.25) is 0 Å². The van der Waals surface area contributed by atoms with Gasteiger partial charge < -0.3 is 14.8 Å². The van der Waals surface area contributed by atoms with Crippen molar-refractivity contribution in [3.8, 4) is 5.75 Å². The van der Waals surface area contributed by atoms with Gasteiger partial charge in [0, 0.05) is 0 Å². The highest BCUT2D eigenvalue weighted by atomic mass is 16.6. The van der Waals surface area contributed by atoms with Crippen molar-refractivity contribution in [2.45, 2.75) is 45.8 Å². The molecular formula is C15H22N2O4. The van der Waals surface area contributed by atoms with E-state index in [-0.39, 0.29) is 6.61 Å². The quantitative estimate of drug-likeness (QED) is 0.839. The maximum Gasteiger partial charge on any atom is 0.408 e. The Kier molecular flexibility index (Phi) is 5.29. The number of nitrogens with one attached hydrogen (secondary N) is 1. The van der Waals surface area contributed by atoms with Gasteiger partial charge in [0.15, 0.2) is 0 Å². The lowest BCUT2D eigenvalue weighted by atomic mass is 10.1. The van der Waals surface area contributed by atoms with E-state index in [2.05, 4.69) is 10.5 Å². The molecule has 1 N–H and O–H groups in total. The van der Waals surface area contributed by atoms with E-state index in [1.54, 1.807) is 45.0 Å². The summed E-state index contributed by atoms with van der Waals surface area (Å²) < 4.78 is 10.8. The largest absolute Gasteiger partial charge is 0.491 e. The number of nitrogens with zero attached hydrogens (tertiary/aromatic N) is 1. The highest BCUT2D eigenvalue weighted by Crippen LogP contribution is 2.19. The summed E-state index contributed by atoms with van der Waals surface area (Å²) in [6, 6.07) is 6.44. The van der Waals surface area contributed by atoms with Crippen LogP contribution in [0.1, 0.15) is 34.6 Å². The number of alkyl carbamates (subject to hydrolysis) is 1. The molecule has 0 aromatic heterocycles. The van der Waals surface area contributed by atoms with E-state index in [4.69, 9.17) is 9.47 Å². The molecule has 1 aromatic rings. The Bertz CT molecular complexity index is 489. The molecule has 0 spiro atoms. The van der Waals surface area contributed by atoms with E-state index in [9.17, 15) is 9.70 Å². The maximum atomic E-state index is 11.7. The second-order valence-corrected chi connectivity index (χ2v) is 6.38. The van der Waals surface area contributed by atoms with Crippen molar-refractivity contribution in [3.63, 3.8) is 0 Å². The zero-order chi connectivity index (χ0) is 16.1. The molecule has 21 heavy (non-hydrogen) atoms. The maximum absolute atomic E-state index is 11.7. The summed E-state index contributed by atoms with van der Waals surface area (Å²) in [5.74, 6) is 0.599. The molecule has 0 aliphatic heterocycles. The summed E-state index contributed by atoms with van der Waals surface area (Å²) in [6.45, 7) is 9.34. The van der Waals surface area contributed by atoms with Crippen LogP contribution < -0.4 is 10.1 Å². The first-order chi connectivity index (χ1) is 9.61. The highest BCUT2D eigenvalue weighted by Gasteiger charge is 2.25. The molecule has 6 heteroatoms. The number of rotatable bonds is 5. The van der Waals surface area contributed by atoms with Gasteiger partial charge in [0.2, 0.25) is 0 Å². The van der Waals surface area contributed by atoms with E-state index in [0.717, 1.165) is 0 Å². The Morgan fingerprint density at radius 1 is 1.14 bits per heavy atom. The molecule has 6 nitrogen and oxygen atoms in total. The number of hydrogen-bond donors (Lipinski definition) is 1. The van der Waals surface area contributed by atoms with Gasteiger partial charge in [0.1, 0.15) is 23.6 Å². The van der Waals surface area contributed by atoms with Crippen LogP contribution in [-0.2, 0) is 4.74 Å². The van der Waals surface area contributed by atoms with Gasteiger partial charge in [-0.2, -0.15) is 0 Å². The molecule has 0 bridgehead atoms. The van der Waals surface area contributed by atoms with Crippen LogP contribution in [0.5, 0.6) is 5.75 Å². The molecule has 0 aliphatic rings. The van der Waals surface area contributed by atoms with Gasteiger partial charge in [-0.15, -0.1) is 4.91 Å². The van der Waals surface area contributed by atoms with E-state index in [1.807, 2.05) is 13.8 Å². The topological polar surface area (TPSA) is 77.0 Å². The van der Waals surface area contributed by atoms with Crippen LogP contribution in [0.4, 0.5) is 10.5 Å². The molecule has 1 rings (SSSR count). The molecule has 1 amide bonds. The average molecular weight is 294 g/mol. The van der Waals surface area contributed by atoms with Gasteiger partial charge in [-0.25, -0.2) is 4.79 Å². The van der Waals surface area contributed by atoms with Crippen molar-refractivity contribution in [2.75, 3.05) is 6.61 Å². The van der Waals surface area contributed by atoms with Gasteiger partial charge in [-0.05, 0) is 64.1 Å². The molecule has 0 radical (unpaired) electrons. The highest BCUT2D eigenvalue weighted by molar-refractivity contribution is 5.68. The Morgan fingerprint density at radius 3 is 2.19 bits per heavy atom. The van der Waals surface area contributed by atoms with Crippen molar-refractivity contribution in [2.24, 2.45) is 5.18 Å². The lowest BCUT2D eigenvalue weighted by Crippen LogP contribution is -2.49. The average Bonchev–Trinajstić information content (AvgIpc) is 2.34. The summed E-state index contributed by atoms with van der Waals surface area (Å²) in [7, 11) is 0. The zero-order valence-corrected chi connectivity index (χ0v) is 13.1. The van der Waals surface area contributed by atoms with E-state index in [1.165, 1.54) is 0 Å². The minimum absolute atomic E-state index is 0.264. The molecule has 0 unspecified atom stereocenters. The van der Waals surface area contributed by atoms with E-state index < -0.39 is 17.2 Å². The molecule has 0 heterocycles. The summed E-state index contributed by atoms with van der Waals surface area (Å²) in [6.07, 6.45) is -0.489. The molecule has 0 atom stereocenters. The normalized spacial score (nSPS) is 11.7. The summed E-state index contributed by atoms with van der Waals surface area (Å²) in [5, 5.41) is 5.57. The van der Waals surface area contributed by atoms with Crippen LogP contribution in [0.3, 0.4) is 0 Å². The predicted molar refractivity (Wildman–Crippen MR) is 80.8 cm³/mol. The zero-order valence-electron chi connectivity index (χ0n) is 13.1. The third kappa shape index (κ3) is 6.74. The van der Waals surface area contributed by atoms with Crippen molar-refractivity contribution < 1.29 is 14.3 Å². The monoisotopic (exact) mass is 294 g/mol. The molecule has 0 saturated carbocycles. The SMILES string of the molecule is CC(C)(COc1ccc(N=O)cc1)NC(=O)OC(C)(C)C. The van der Waals surface area contributed by atoms with Gasteiger partial charge in [0.25, 0.3) is 0 Å². The van der Waals surface area contributed by atoms with Crippen molar-refractivity contribution >= 4 is 11.8 Å². The van der Waals surface area contributed by atoms with Gasteiger partial charge in [-0.3, -0.25) is 0 Å². The minimum atomic E-state index is -0.593. The van der Waals surface area contributed by atoms with Crippen molar-refractivity contribution in [1.82, 2.24) is 5.32 Å². The summed E-state index contributed by atoms with van der Waals surface area (Å²) in [4.78, 5) is 22.1. The van der Waals surface area contributed by atoms with Gasteiger partial charge in [0.05, 0.1) is 5.54 Å². The Hall–Kier alpha value is -2.11. The number of nitroso groups, excluding NO2 is 1. The molecule has 0 aliphatic carbocycles. The number of carbonyl (C=O) groups excluding carboxylic acids is 1. The van der Waals surface area contributed by atoms with Crippen LogP contribution in [-0.4, -0.2) is 23.8 Å². The van der Waals surface area contributed by atoms with Crippen LogP contribution >= 0.6 is 0 Å². The smallest absolute Gasteiger partial charge is 0.408 e. The van der Waals surface area contributed by atoms with E-state index >= 15 is 0 Å².